The lowest BCUT2D eigenvalue weighted by atomic mass is 10.1. The number of carbonyl (C=O) groups is 1. The highest BCUT2D eigenvalue weighted by atomic mass is 35.5. The molecule has 1 atom stereocenters. The number of hydrogen-bond acceptors (Lipinski definition) is 4. The standard InChI is InChI=1S/C19H27N5O.2ClH/c1-13-8-9-15(11-16(13)21-19(25)14(2)12-20-3)18-23-22-17-7-5-4-6-10-24(17)18;;/h8-9,11,14,20H,4-7,10,12H2,1-3H3,(H,21,25);2*1H. The fourth-order valence-electron chi connectivity index (χ4n) is 3.25. The van der Waals surface area contributed by atoms with Gasteiger partial charge in [-0.15, -0.1) is 35.0 Å². The third kappa shape index (κ3) is 5.43. The van der Waals surface area contributed by atoms with Crippen molar-refractivity contribution in [3.8, 4) is 11.4 Å². The quantitative estimate of drug-likeness (QED) is 0.784. The summed E-state index contributed by atoms with van der Waals surface area (Å²) in [5.41, 5.74) is 2.89. The average molecular weight is 414 g/mol. The van der Waals surface area contributed by atoms with E-state index in [9.17, 15) is 4.79 Å². The Hall–Kier alpha value is -1.63. The van der Waals surface area contributed by atoms with Gasteiger partial charge in [-0.3, -0.25) is 4.79 Å². The van der Waals surface area contributed by atoms with Crippen molar-refractivity contribution < 1.29 is 4.79 Å². The predicted molar refractivity (Wildman–Crippen MR) is 114 cm³/mol. The second kappa shape index (κ2) is 10.6. The van der Waals surface area contributed by atoms with Crippen molar-refractivity contribution in [1.29, 1.82) is 0 Å². The van der Waals surface area contributed by atoms with Gasteiger partial charge in [-0.2, -0.15) is 0 Å². The zero-order valence-corrected chi connectivity index (χ0v) is 17.8. The Morgan fingerprint density at radius 1 is 1.22 bits per heavy atom. The van der Waals surface area contributed by atoms with Gasteiger partial charge < -0.3 is 15.2 Å². The lowest BCUT2D eigenvalue weighted by Crippen LogP contribution is -2.28. The maximum Gasteiger partial charge on any atom is 0.228 e. The molecule has 3 rings (SSSR count). The maximum absolute atomic E-state index is 12.3. The molecule has 0 saturated heterocycles. The molecule has 1 aliphatic rings. The molecule has 1 unspecified atom stereocenters. The number of halogens is 2. The Morgan fingerprint density at radius 3 is 2.74 bits per heavy atom. The van der Waals surface area contributed by atoms with Crippen LogP contribution in [0.5, 0.6) is 0 Å². The normalized spacial score (nSPS) is 14.2. The van der Waals surface area contributed by atoms with E-state index in [2.05, 4.69) is 31.5 Å². The molecule has 0 saturated carbocycles. The van der Waals surface area contributed by atoms with Gasteiger partial charge in [0.25, 0.3) is 0 Å². The Balaban J connectivity index is 0.00000182. The number of benzene rings is 1. The highest BCUT2D eigenvalue weighted by Crippen LogP contribution is 2.27. The zero-order valence-electron chi connectivity index (χ0n) is 16.1. The Bertz CT molecular complexity index is 763. The van der Waals surface area contributed by atoms with E-state index in [-0.39, 0.29) is 36.6 Å². The number of aromatic nitrogens is 3. The minimum absolute atomic E-state index is 0. The smallest absolute Gasteiger partial charge is 0.228 e. The lowest BCUT2D eigenvalue weighted by molar-refractivity contribution is -0.119. The number of nitrogens with one attached hydrogen (secondary N) is 2. The number of rotatable bonds is 5. The fraction of sp³-hybridized carbons (Fsp3) is 0.526. The molecule has 1 aromatic heterocycles. The van der Waals surface area contributed by atoms with Gasteiger partial charge in [0.2, 0.25) is 5.91 Å². The van der Waals surface area contributed by atoms with Gasteiger partial charge in [0, 0.05) is 36.7 Å². The molecule has 0 radical (unpaired) electrons. The summed E-state index contributed by atoms with van der Waals surface area (Å²) in [6, 6.07) is 6.11. The molecule has 8 heteroatoms. The topological polar surface area (TPSA) is 71.8 Å². The summed E-state index contributed by atoms with van der Waals surface area (Å²) in [7, 11) is 1.85. The van der Waals surface area contributed by atoms with E-state index < -0.39 is 0 Å². The number of fused-ring (bicyclic) bond motifs is 1. The fourth-order valence-corrected chi connectivity index (χ4v) is 3.25. The van der Waals surface area contributed by atoms with Gasteiger partial charge in [-0.25, -0.2) is 0 Å². The molecule has 2 heterocycles. The highest BCUT2D eigenvalue weighted by Gasteiger charge is 2.18. The Labute approximate surface area is 173 Å². The number of hydrogen-bond donors (Lipinski definition) is 2. The summed E-state index contributed by atoms with van der Waals surface area (Å²) >= 11 is 0. The van der Waals surface area contributed by atoms with Crippen LogP contribution in [-0.4, -0.2) is 34.3 Å². The van der Waals surface area contributed by atoms with E-state index in [4.69, 9.17) is 0 Å². The molecule has 150 valence electrons. The van der Waals surface area contributed by atoms with E-state index in [0.29, 0.717) is 6.54 Å². The molecular formula is C19H29Cl2N5O. The van der Waals surface area contributed by atoms with Crippen molar-refractivity contribution in [3.63, 3.8) is 0 Å². The second-order valence-corrected chi connectivity index (χ2v) is 6.88. The molecule has 27 heavy (non-hydrogen) atoms. The van der Waals surface area contributed by atoms with Crippen LogP contribution in [-0.2, 0) is 17.8 Å². The van der Waals surface area contributed by atoms with E-state index in [1.54, 1.807) is 0 Å². The Kier molecular flexibility index (Phi) is 9.22. The minimum Gasteiger partial charge on any atom is -0.326 e. The van der Waals surface area contributed by atoms with Crippen molar-refractivity contribution in [3.05, 3.63) is 29.6 Å². The van der Waals surface area contributed by atoms with Gasteiger partial charge in [0.1, 0.15) is 5.82 Å². The van der Waals surface area contributed by atoms with Gasteiger partial charge >= 0.3 is 0 Å². The van der Waals surface area contributed by atoms with Crippen LogP contribution in [0.2, 0.25) is 0 Å². The van der Waals surface area contributed by atoms with Crippen molar-refractivity contribution in [2.24, 2.45) is 5.92 Å². The molecule has 1 aromatic carbocycles. The number of aryl methyl sites for hydroxylation is 2. The largest absolute Gasteiger partial charge is 0.326 e. The summed E-state index contributed by atoms with van der Waals surface area (Å²) in [5.74, 6) is 1.91. The highest BCUT2D eigenvalue weighted by molar-refractivity contribution is 5.93. The van der Waals surface area contributed by atoms with Crippen LogP contribution in [0.4, 0.5) is 5.69 Å². The molecule has 2 aromatic rings. The van der Waals surface area contributed by atoms with Gasteiger partial charge in [-0.05, 0) is 38.4 Å². The molecule has 0 aliphatic carbocycles. The molecule has 6 nitrogen and oxygen atoms in total. The van der Waals surface area contributed by atoms with Crippen LogP contribution in [0.25, 0.3) is 11.4 Å². The SMILES string of the molecule is CNCC(C)C(=O)Nc1cc(-c2nnc3n2CCCCC3)ccc1C.Cl.Cl. The van der Waals surface area contributed by atoms with Crippen molar-refractivity contribution in [2.45, 2.75) is 46.1 Å². The molecular weight excluding hydrogens is 385 g/mol. The molecule has 2 N–H and O–H groups in total. The second-order valence-electron chi connectivity index (χ2n) is 6.88. The molecule has 0 fully saturated rings. The van der Waals surface area contributed by atoms with Crippen LogP contribution in [0, 0.1) is 12.8 Å². The molecule has 0 bridgehead atoms. The van der Waals surface area contributed by atoms with Crippen LogP contribution in [0.1, 0.15) is 37.6 Å². The first-order valence-corrected chi connectivity index (χ1v) is 9.08. The Morgan fingerprint density at radius 2 is 2.00 bits per heavy atom. The summed E-state index contributed by atoms with van der Waals surface area (Å²) in [6.07, 6.45) is 4.57. The lowest BCUT2D eigenvalue weighted by Gasteiger charge is -2.15. The molecule has 1 aliphatic heterocycles. The summed E-state index contributed by atoms with van der Waals surface area (Å²) in [5, 5.41) is 14.9. The first-order valence-electron chi connectivity index (χ1n) is 9.08. The summed E-state index contributed by atoms with van der Waals surface area (Å²) in [6.45, 7) is 5.55. The van der Waals surface area contributed by atoms with Gasteiger partial charge in [0.15, 0.2) is 5.82 Å². The predicted octanol–water partition coefficient (Wildman–Crippen LogP) is 3.62. The summed E-state index contributed by atoms with van der Waals surface area (Å²) in [4.78, 5) is 12.3. The third-order valence-electron chi connectivity index (χ3n) is 4.82. The first kappa shape index (κ1) is 23.4. The number of carbonyl (C=O) groups excluding carboxylic acids is 1. The number of amides is 1. The third-order valence-corrected chi connectivity index (χ3v) is 4.82. The van der Waals surface area contributed by atoms with Crippen LogP contribution in [0.15, 0.2) is 18.2 Å². The molecule has 0 spiro atoms. The van der Waals surface area contributed by atoms with Crippen molar-refractivity contribution >= 4 is 36.4 Å². The van der Waals surface area contributed by atoms with Gasteiger partial charge in [0.05, 0.1) is 0 Å². The summed E-state index contributed by atoms with van der Waals surface area (Å²) < 4.78 is 2.23. The van der Waals surface area contributed by atoms with Crippen LogP contribution < -0.4 is 10.6 Å². The van der Waals surface area contributed by atoms with Gasteiger partial charge in [-0.1, -0.05) is 25.5 Å². The van der Waals surface area contributed by atoms with E-state index in [1.165, 1.54) is 12.8 Å². The monoisotopic (exact) mass is 413 g/mol. The first-order chi connectivity index (χ1) is 12.1. The van der Waals surface area contributed by atoms with Crippen LogP contribution in [0.3, 0.4) is 0 Å². The van der Waals surface area contributed by atoms with Crippen molar-refractivity contribution in [2.75, 3.05) is 18.9 Å². The molecule has 1 amide bonds. The number of anilines is 1. The van der Waals surface area contributed by atoms with Crippen LogP contribution >= 0.6 is 24.8 Å². The number of nitrogens with zero attached hydrogens (tertiary/aromatic N) is 3. The van der Waals surface area contributed by atoms with Crippen molar-refractivity contribution in [1.82, 2.24) is 20.1 Å². The van der Waals surface area contributed by atoms with E-state index in [0.717, 1.165) is 47.8 Å². The average Bonchev–Trinajstić information content (AvgIpc) is 2.85. The van der Waals surface area contributed by atoms with E-state index in [1.807, 2.05) is 33.0 Å². The maximum atomic E-state index is 12.3. The minimum atomic E-state index is -0.0857. The zero-order chi connectivity index (χ0) is 17.8. The van der Waals surface area contributed by atoms with E-state index >= 15 is 0 Å².